The Kier molecular flexibility index (Phi) is 2.89. The lowest BCUT2D eigenvalue weighted by molar-refractivity contribution is 0.186. The molecule has 15 heavy (non-hydrogen) atoms. The van der Waals surface area contributed by atoms with Gasteiger partial charge in [-0.15, -0.1) is 0 Å². The lowest BCUT2D eigenvalue weighted by Crippen LogP contribution is -2.40. The van der Waals surface area contributed by atoms with Crippen molar-refractivity contribution in [3.8, 4) is 0 Å². The zero-order valence-corrected chi connectivity index (χ0v) is 8.77. The zero-order chi connectivity index (χ0) is 10.7. The summed E-state index contributed by atoms with van der Waals surface area (Å²) < 4.78 is 4.81. The van der Waals surface area contributed by atoms with E-state index in [0.29, 0.717) is 5.88 Å². The first-order chi connectivity index (χ1) is 7.25. The maximum absolute atomic E-state index is 11.7. The van der Waals surface area contributed by atoms with Crippen LogP contribution in [0.15, 0.2) is 16.8 Å². The molecule has 0 aliphatic carbocycles. The second kappa shape index (κ2) is 4.33. The Morgan fingerprint density at radius 2 is 2.33 bits per heavy atom. The molecule has 2 heterocycles. The number of urea groups is 1. The molecule has 0 radical (unpaired) electrons. The number of piperidine rings is 1. The molecular weight excluding hydrogens is 194 g/mol. The van der Waals surface area contributed by atoms with Crippen LogP contribution in [0.2, 0.25) is 0 Å². The summed E-state index contributed by atoms with van der Waals surface area (Å²) in [6.07, 6.45) is 3.65. The van der Waals surface area contributed by atoms with Crippen molar-refractivity contribution in [3.63, 3.8) is 0 Å². The molecule has 1 aromatic rings. The third-order valence-corrected chi connectivity index (χ3v) is 2.74. The van der Waals surface area contributed by atoms with Gasteiger partial charge in [0.1, 0.15) is 0 Å². The number of aromatic nitrogens is 1. The van der Waals surface area contributed by atoms with Gasteiger partial charge in [-0.3, -0.25) is 5.32 Å². The van der Waals surface area contributed by atoms with Crippen LogP contribution >= 0.6 is 0 Å². The van der Waals surface area contributed by atoms with Gasteiger partial charge in [0, 0.05) is 19.2 Å². The van der Waals surface area contributed by atoms with Crippen molar-refractivity contribution in [3.05, 3.63) is 12.3 Å². The monoisotopic (exact) mass is 209 g/mol. The van der Waals surface area contributed by atoms with E-state index in [2.05, 4.69) is 17.4 Å². The molecule has 5 nitrogen and oxygen atoms in total. The molecule has 1 fully saturated rings. The van der Waals surface area contributed by atoms with E-state index in [1.54, 1.807) is 6.07 Å². The normalized spacial score (nSPS) is 17.8. The molecule has 1 aliphatic rings. The van der Waals surface area contributed by atoms with Crippen LogP contribution in [0.5, 0.6) is 0 Å². The van der Waals surface area contributed by atoms with Gasteiger partial charge >= 0.3 is 6.03 Å². The smallest absolute Gasteiger partial charge is 0.324 e. The second-order valence-corrected chi connectivity index (χ2v) is 3.98. The Hall–Kier alpha value is -1.52. The summed E-state index contributed by atoms with van der Waals surface area (Å²) in [6.45, 7) is 3.86. The van der Waals surface area contributed by atoms with E-state index < -0.39 is 0 Å². The molecule has 0 spiro atoms. The first-order valence-electron chi connectivity index (χ1n) is 5.22. The number of amides is 2. The summed E-state index contributed by atoms with van der Waals surface area (Å²) in [5.74, 6) is 1.12. The van der Waals surface area contributed by atoms with Crippen molar-refractivity contribution < 1.29 is 9.32 Å². The van der Waals surface area contributed by atoms with E-state index >= 15 is 0 Å². The highest BCUT2D eigenvalue weighted by atomic mass is 16.5. The Morgan fingerprint density at radius 1 is 1.60 bits per heavy atom. The van der Waals surface area contributed by atoms with Crippen LogP contribution < -0.4 is 5.32 Å². The highest BCUT2D eigenvalue weighted by molar-refractivity contribution is 5.87. The van der Waals surface area contributed by atoms with Gasteiger partial charge in [-0.05, 0) is 18.8 Å². The Morgan fingerprint density at radius 3 is 2.93 bits per heavy atom. The van der Waals surface area contributed by atoms with Gasteiger partial charge in [-0.2, -0.15) is 0 Å². The molecule has 2 rings (SSSR count). The second-order valence-electron chi connectivity index (χ2n) is 3.98. The van der Waals surface area contributed by atoms with Crippen molar-refractivity contribution in [2.45, 2.75) is 19.8 Å². The summed E-state index contributed by atoms with van der Waals surface area (Å²) in [4.78, 5) is 13.5. The Balaban J connectivity index is 1.86. The summed E-state index contributed by atoms with van der Waals surface area (Å²) >= 11 is 0. The lowest BCUT2D eigenvalue weighted by atomic mass is 10.00. The predicted octanol–water partition coefficient (Wildman–Crippen LogP) is 1.94. The highest BCUT2D eigenvalue weighted by Crippen LogP contribution is 2.16. The predicted molar refractivity (Wildman–Crippen MR) is 55.5 cm³/mol. The minimum absolute atomic E-state index is 0.0985. The summed E-state index contributed by atoms with van der Waals surface area (Å²) in [7, 11) is 0. The number of hydrogen-bond donors (Lipinski definition) is 1. The number of nitrogens with one attached hydrogen (secondary N) is 1. The zero-order valence-electron chi connectivity index (χ0n) is 8.77. The molecule has 0 aromatic carbocycles. The Bertz CT molecular complexity index is 315. The number of likely N-dealkylation sites (tertiary alicyclic amines) is 1. The number of anilines is 1. The largest absolute Gasteiger partial charge is 0.338 e. The molecule has 1 N–H and O–H groups in total. The average Bonchev–Trinajstić information content (AvgIpc) is 2.71. The van der Waals surface area contributed by atoms with Crippen LogP contribution in [0.4, 0.5) is 10.7 Å². The van der Waals surface area contributed by atoms with E-state index in [4.69, 9.17) is 4.52 Å². The standard InChI is InChI=1S/C10H15N3O2/c1-8-3-6-13(7-4-8)10(14)12-9-2-5-11-15-9/h2,5,8H,3-4,6-7H2,1H3,(H,12,14). The highest BCUT2D eigenvalue weighted by Gasteiger charge is 2.20. The molecule has 1 aromatic heterocycles. The number of nitrogens with zero attached hydrogens (tertiary/aromatic N) is 2. The van der Waals surface area contributed by atoms with Crippen molar-refractivity contribution in [1.29, 1.82) is 0 Å². The minimum atomic E-state index is -0.0985. The molecule has 82 valence electrons. The third kappa shape index (κ3) is 2.49. The maximum atomic E-state index is 11.7. The van der Waals surface area contributed by atoms with Crippen molar-refractivity contribution in [1.82, 2.24) is 10.1 Å². The molecular formula is C10H15N3O2. The number of carbonyl (C=O) groups excluding carboxylic acids is 1. The molecule has 1 saturated heterocycles. The summed E-state index contributed by atoms with van der Waals surface area (Å²) in [6, 6.07) is 1.53. The molecule has 0 unspecified atom stereocenters. The van der Waals surface area contributed by atoms with Crippen LogP contribution in [0.1, 0.15) is 19.8 Å². The molecule has 0 saturated carbocycles. The van der Waals surface area contributed by atoms with Gasteiger partial charge in [0.05, 0.1) is 6.20 Å². The molecule has 1 aliphatic heterocycles. The van der Waals surface area contributed by atoms with Crippen LogP contribution in [0.3, 0.4) is 0 Å². The fourth-order valence-electron chi connectivity index (χ4n) is 1.68. The molecule has 2 amide bonds. The SMILES string of the molecule is CC1CCN(C(=O)Nc2ccno2)CC1. The third-order valence-electron chi connectivity index (χ3n) is 2.74. The average molecular weight is 209 g/mol. The van der Waals surface area contributed by atoms with E-state index in [9.17, 15) is 4.79 Å². The summed E-state index contributed by atoms with van der Waals surface area (Å²) in [5, 5.41) is 6.19. The maximum Gasteiger partial charge on any atom is 0.324 e. The van der Waals surface area contributed by atoms with E-state index in [1.165, 1.54) is 6.20 Å². The number of rotatable bonds is 1. The van der Waals surface area contributed by atoms with Crippen LogP contribution in [0.25, 0.3) is 0 Å². The van der Waals surface area contributed by atoms with Crippen molar-refractivity contribution in [2.75, 3.05) is 18.4 Å². The Labute approximate surface area is 88.4 Å². The minimum Gasteiger partial charge on any atom is -0.338 e. The number of hydrogen-bond acceptors (Lipinski definition) is 3. The van der Waals surface area contributed by atoms with Gasteiger partial charge in [-0.25, -0.2) is 4.79 Å². The van der Waals surface area contributed by atoms with Gasteiger partial charge < -0.3 is 9.42 Å². The van der Waals surface area contributed by atoms with Gasteiger partial charge in [0.25, 0.3) is 0 Å². The topological polar surface area (TPSA) is 58.4 Å². The van der Waals surface area contributed by atoms with Crippen LogP contribution in [0, 0.1) is 5.92 Å². The van der Waals surface area contributed by atoms with Gasteiger partial charge in [-0.1, -0.05) is 12.1 Å². The van der Waals surface area contributed by atoms with Crippen molar-refractivity contribution in [2.24, 2.45) is 5.92 Å². The number of carbonyl (C=O) groups is 1. The quantitative estimate of drug-likeness (QED) is 0.768. The lowest BCUT2D eigenvalue weighted by Gasteiger charge is -2.29. The van der Waals surface area contributed by atoms with E-state index in [-0.39, 0.29) is 6.03 Å². The van der Waals surface area contributed by atoms with E-state index in [1.807, 2.05) is 4.90 Å². The fraction of sp³-hybridized carbons (Fsp3) is 0.600. The van der Waals surface area contributed by atoms with E-state index in [0.717, 1.165) is 31.8 Å². The van der Waals surface area contributed by atoms with Crippen LogP contribution in [-0.2, 0) is 0 Å². The molecule has 5 heteroatoms. The van der Waals surface area contributed by atoms with Crippen LogP contribution in [-0.4, -0.2) is 29.2 Å². The van der Waals surface area contributed by atoms with Gasteiger partial charge in [0.2, 0.25) is 5.88 Å². The molecule has 0 atom stereocenters. The van der Waals surface area contributed by atoms with Crippen molar-refractivity contribution >= 4 is 11.9 Å². The first-order valence-corrected chi connectivity index (χ1v) is 5.22. The summed E-state index contributed by atoms with van der Waals surface area (Å²) in [5.41, 5.74) is 0. The molecule has 0 bridgehead atoms. The first kappa shape index (κ1) is 10.0. The fourth-order valence-corrected chi connectivity index (χ4v) is 1.68. The van der Waals surface area contributed by atoms with Gasteiger partial charge in [0.15, 0.2) is 0 Å².